The Labute approximate surface area is 123 Å². The zero-order chi connectivity index (χ0) is 14.8. The van der Waals surface area contributed by atoms with Crippen LogP contribution in [0.15, 0.2) is 22.6 Å². The molecule has 0 spiro atoms. The molecule has 3 rings (SSSR count). The van der Waals surface area contributed by atoms with Crippen molar-refractivity contribution < 1.29 is 13.9 Å². The fraction of sp³-hybridized carbons (Fsp3) is 0.438. The van der Waals surface area contributed by atoms with Gasteiger partial charge in [0.25, 0.3) is 5.91 Å². The number of carbonyl (C=O) groups excluding carboxylic acids is 1. The van der Waals surface area contributed by atoms with Gasteiger partial charge in [-0.2, -0.15) is 0 Å². The molecule has 5 heteroatoms. The number of rotatable bonds is 2. The van der Waals surface area contributed by atoms with E-state index in [2.05, 4.69) is 5.32 Å². The van der Waals surface area contributed by atoms with Gasteiger partial charge in [-0.15, -0.1) is 0 Å². The molecule has 0 saturated carbocycles. The summed E-state index contributed by atoms with van der Waals surface area (Å²) >= 11 is 0. The Morgan fingerprint density at radius 3 is 3.00 bits per heavy atom. The number of carbonyl (C=O) groups is 1. The number of hydrogen-bond donors (Lipinski definition) is 1. The minimum atomic E-state index is -0.0329. The summed E-state index contributed by atoms with van der Waals surface area (Å²) in [6.45, 7) is 5.19. The van der Waals surface area contributed by atoms with Crippen LogP contribution in [0.5, 0.6) is 5.75 Å². The van der Waals surface area contributed by atoms with Crippen LogP contribution in [0, 0.1) is 6.92 Å². The predicted octanol–water partition coefficient (Wildman–Crippen LogP) is 2.19. The van der Waals surface area contributed by atoms with Crippen molar-refractivity contribution in [3.8, 4) is 5.75 Å². The van der Waals surface area contributed by atoms with Crippen LogP contribution in [-0.4, -0.2) is 44.1 Å². The van der Waals surface area contributed by atoms with E-state index in [-0.39, 0.29) is 5.91 Å². The maximum atomic E-state index is 12.7. The third-order valence-corrected chi connectivity index (χ3v) is 3.97. The largest absolute Gasteiger partial charge is 0.493 e. The molecular weight excluding hydrogens is 268 g/mol. The molecule has 1 aliphatic rings. The number of hydrogen-bond acceptors (Lipinski definition) is 4. The van der Waals surface area contributed by atoms with Gasteiger partial charge < -0.3 is 19.4 Å². The SMILES string of the molecule is COc1cccc2c(C)c(C(=O)N3CCCNCC3)oc12. The van der Waals surface area contributed by atoms with Crippen LogP contribution in [0.25, 0.3) is 11.0 Å². The number of aryl methyl sites for hydroxylation is 1. The molecule has 21 heavy (non-hydrogen) atoms. The fourth-order valence-corrected chi connectivity index (χ4v) is 2.77. The van der Waals surface area contributed by atoms with E-state index >= 15 is 0 Å². The van der Waals surface area contributed by atoms with Crippen molar-refractivity contribution in [2.75, 3.05) is 33.3 Å². The maximum absolute atomic E-state index is 12.7. The molecule has 1 aromatic carbocycles. The maximum Gasteiger partial charge on any atom is 0.289 e. The van der Waals surface area contributed by atoms with Crippen molar-refractivity contribution in [2.45, 2.75) is 13.3 Å². The Balaban J connectivity index is 1.99. The number of fused-ring (bicyclic) bond motifs is 1. The Hall–Kier alpha value is -2.01. The van der Waals surface area contributed by atoms with Crippen LogP contribution in [0.2, 0.25) is 0 Å². The number of furan rings is 1. The zero-order valence-electron chi connectivity index (χ0n) is 12.4. The Morgan fingerprint density at radius 1 is 1.33 bits per heavy atom. The number of amides is 1. The quantitative estimate of drug-likeness (QED) is 0.920. The lowest BCUT2D eigenvalue weighted by Crippen LogP contribution is -2.34. The second-order valence-corrected chi connectivity index (χ2v) is 5.29. The first-order chi connectivity index (χ1) is 10.2. The summed E-state index contributed by atoms with van der Waals surface area (Å²) in [5.41, 5.74) is 1.53. The van der Waals surface area contributed by atoms with E-state index in [1.165, 1.54) is 0 Å². The van der Waals surface area contributed by atoms with Gasteiger partial charge in [-0.1, -0.05) is 12.1 Å². The summed E-state index contributed by atoms with van der Waals surface area (Å²) in [4.78, 5) is 14.6. The van der Waals surface area contributed by atoms with E-state index in [0.29, 0.717) is 23.6 Å². The second-order valence-electron chi connectivity index (χ2n) is 5.29. The Morgan fingerprint density at radius 2 is 2.19 bits per heavy atom. The van der Waals surface area contributed by atoms with Crippen molar-refractivity contribution in [3.63, 3.8) is 0 Å². The van der Waals surface area contributed by atoms with E-state index in [4.69, 9.17) is 9.15 Å². The number of nitrogens with zero attached hydrogens (tertiary/aromatic N) is 1. The molecule has 0 radical (unpaired) electrons. The normalized spacial score (nSPS) is 16.0. The van der Waals surface area contributed by atoms with Gasteiger partial charge in [-0.3, -0.25) is 4.79 Å². The summed E-state index contributed by atoms with van der Waals surface area (Å²) in [6.07, 6.45) is 0.967. The topological polar surface area (TPSA) is 54.7 Å². The molecule has 0 bridgehead atoms. The molecule has 1 aliphatic heterocycles. The number of ether oxygens (including phenoxy) is 1. The number of benzene rings is 1. The summed E-state index contributed by atoms with van der Waals surface area (Å²) < 4.78 is 11.2. The Kier molecular flexibility index (Phi) is 3.84. The monoisotopic (exact) mass is 288 g/mol. The summed E-state index contributed by atoms with van der Waals surface area (Å²) in [7, 11) is 1.61. The van der Waals surface area contributed by atoms with Crippen molar-refractivity contribution in [1.82, 2.24) is 10.2 Å². The third kappa shape index (κ3) is 2.49. The average molecular weight is 288 g/mol. The van der Waals surface area contributed by atoms with Gasteiger partial charge in [-0.05, 0) is 26.0 Å². The van der Waals surface area contributed by atoms with Crippen molar-refractivity contribution in [3.05, 3.63) is 29.5 Å². The van der Waals surface area contributed by atoms with E-state index in [0.717, 1.165) is 37.0 Å². The number of methoxy groups -OCH3 is 1. The molecule has 1 fully saturated rings. The van der Waals surface area contributed by atoms with Gasteiger partial charge in [0, 0.05) is 30.6 Å². The molecule has 112 valence electrons. The van der Waals surface area contributed by atoms with Gasteiger partial charge in [0.15, 0.2) is 17.1 Å². The second kappa shape index (κ2) is 5.77. The predicted molar refractivity (Wildman–Crippen MR) is 80.9 cm³/mol. The van der Waals surface area contributed by atoms with Crippen molar-refractivity contribution in [2.24, 2.45) is 0 Å². The molecule has 1 aromatic heterocycles. The molecule has 0 aliphatic carbocycles. The molecule has 2 aromatic rings. The fourth-order valence-electron chi connectivity index (χ4n) is 2.77. The molecule has 2 heterocycles. The molecular formula is C16H20N2O3. The first-order valence-electron chi connectivity index (χ1n) is 7.28. The van der Waals surface area contributed by atoms with Crippen molar-refractivity contribution in [1.29, 1.82) is 0 Å². The lowest BCUT2D eigenvalue weighted by atomic mass is 10.1. The molecule has 1 N–H and O–H groups in total. The van der Waals surface area contributed by atoms with Crippen molar-refractivity contribution >= 4 is 16.9 Å². The minimum Gasteiger partial charge on any atom is -0.493 e. The first-order valence-corrected chi connectivity index (χ1v) is 7.28. The molecule has 0 unspecified atom stereocenters. The van der Waals surface area contributed by atoms with Crippen LogP contribution in [-0.2, 0) is 0 Å². The third-order valence-electron chi connectivity index (χ3n) is 3.97. The molecule has 1 saturated heterocycles. The van der Waals surface area contributed by atoms with Gasteiger partial charge in [-0.25, -0.2) is 0 Å². The molecule has 0 atom stereocenters. The van der Waals surface area contributed by atoms with Gasteiger partial charge in [0.1, 0.15) is 0 Å². The van der Waals surface area contributed by atoms with Gasteiger partial charge >= 0.3 is 0 Å². The highest BCUT2D eigenvalue weighted by atomic mass is 16.5. The summed E-state index contributed by atoms with van der Waals surface area (Å²) in [6, 6.07) is 5.71. The van der Waals surface area contributed by atoms with E-state index in [1.807, 2.05) is 30.0 Å². The van der Waals surface area contributed by atoms with E-state index in [9.17, 15) is 4.79 Å². The van der Waals surface area contributed by atoms with Crippen LogP contribution in [0.1, 0.15) is 22.5 Å². The highest BCUT2D eigenvalue weighted by Crippen LogP contribution is 2.32. The minimum absolute atomic E-state index is 0.0329. The summed E-state index contributed by atoms with van der Waals surface area (Å²) in [5.74, 6) is 1.05. The van der Waals surface area contributed by atoms with Gasteiger partial charge in [0.05, 0.1) is 7.11 Å². The highest BCUT2D eigenvalue weighted by Gasteiger charge is 2.24. The van der Waals surface area contributed by atoms with E-state index in [1.54, 1.807) is 7.11 Å². The summed E-state index contributed by atoms with van der Waals surface area (Å²) in [5, 5.41) is 4.23. The van der Waals surface area contributed by atoms with Crippen LogP contribution >= 0.6 is 0 Å². The lowest BCUT2D eigenvalue weighted by molar-refractivity contribution is 0.0735. The molecule has 1 amide bonds. The number of para-hydroxylation sites is 1. The lowest BCUT2D eigenvalue weighted by Gasteiger charge is -2.18. The Bertz CT molecular complexity index is 655. The van der Waals surface area contributed by atoms with Gasteiger partial charge in [0.2, 0.25) is 0 Å². The smallest absolute Gasteiger partial charge is 0.289 e. The zero-order valence-corrected chi connectivity index (χ0v) is 12.4. The van der Waals surface area contributed by atoms with Crippen LogP contribution < -0.4 is 10.1 Å². The first kappa shape index (κ1) is 13.9. The van der Waals surface area contributed by atoms with E-state index < -0.39 is 0 Å². The highest BCUT2D eigenvalue weighted by molar-refractivity contribution is 6.00. The average Bonchev–Trinajstić information content (AvgIpc) is 2.70. The van der Waals surface area contributed by atoms with Crippen LogP contribution in [0.4, 0.5) is 0 Å². The number of nitrogens with one attached hydrogen (secondary N) is 1. The molecule has 5 nitrogen and oxygen atoms in total. The van der Waals surface area contributed by atoms with Crippen LogP contribution in [0.3, 0.4) is 0 Å². The standard InChI is InChI=1S/C16H20N2O3/c1-11-12-5-3-6-13(20-2)15(12)21-14(11)16(19)18-9-4-7-17-8-10-18/h3,5-6,17H,4,7-10H2,1-2H3.